The number of alkyl carbamates (subject to hydrolysis) is 1. The van der Waals surface area contributed by atoms with Crippen molar-refractivity contribution in [3.8, 4) is 0 Å². The van der Waals surface area contributed by atoms with Crippen molar-refractivity contribution in [3.63, 3.8) is 0 Å². The summed E-state index contributed by atoms with van der Waals surface area (Å²) in [5, 5.41) is 20.4. The number of amides is 3. The zero-order valence-corrected chi connectivity index (χ0v) is 34.0. The third-order valence-corrected chi connectivity index (χ3v) is 14.5. The second-order valence-electron chi connectivity index (χ2n) is 15.9. The summed E-state index contributed by atoms with van der Waals surface area (Å²) >= 11 is 0. The minimum atomic E-state index is -2.96. The lowest BCUT2D eigenvalue weighted by Crippen LogP contribution is -2.67. The summed E-state index contributed by atoms with van der Waals surface area (Å²) in [7, 11) is -2.96. The van der Waals surface area contributed by atoms with E-state index in [0.717, 1.165) is 27.1 Å². The molecular formula is C46H53N3O6Si. The SMILES string of the molecule is CC(C)(C)OC(=O)N[C@H](CO[Si](c1ccccc1)(c1ccccc1)C(C)(C)C)Cc1cccc(NC(=O)[C@@H](NC(=O)O)C(c2ccccc2)c2ccccc2)c1. The van der Waals surface area contributed by atoms with E-state index in [-0.39, 0.29) is 11.6 Å². The van der Waals surface area contributed by atoms with Crippen molar-refractivity contribution in [1.29, 1.82) is 0 Å². The van der Waals surface area contributed by atoms with Crippen molar-refractivity contribution in [2.45, 2.75) is 76.6 Å². The number of carbonyl (C=O) groups is 3. The summed E-state index contributed by atoms with van der Waals surface area (Å²) in [6, 6.07) is 45.0. The average Bonchev–Trinajstić information content (AvgIpc) is 3.15. The normalized spacial score (nSPS) is 13.0. The highest BCUT2D eigenvalue weighted by atomic mass is 28.4. The number of nitrogens with one attached hydrogen (secondary N) is 3. The van der Waals surface area contributed by atoms with Crippen molar-refractivity contribution in [3.05, 3.63) is 162 Å². The van der Waals surface area contributed by atoms with Gasteiger partial charge >= 0.3 is 12.2 Å². The third kappa shape index (κ3) is 10.7. The fourth-order valence-corrected chi connectivity index (χ4v) is 11.8. The molecule has 0 spiro atoms. The van der Waals surface area contributed by atoms with Crippen LogP contribution in [0, 0.1) is 0 Å². The molecule has 0 saturated heterocycles. The molecule has 292 valence electrons. The number of anilines is 1. The Balaban J connectivity index is 1.45. The molecule has 0 heterocycles. The molecule has 9 nitrogen and oxygen atoms in total. The molecule has 0 aliphatic rings. The van der Waals surface area contributed by atoms with Crippen molar-refractivity contribution in [1.82, 2.24) is 10.6 Å². The predicted octanol–water partition coefficient (Wildman–Crippen LogP) is 8.11. The van der Waals surface area contributed by atoms with Crippen LogP contribution < -0.4 is 26.3 Å². The van der Waals surface area contributed by atoms with Crippen LogP contribution in [-0.4, -0.2) is 55.8 Å². The van der Waals surface area contributed by atoms with E-state index in [9.17, 15) is 19.5 Å². The summed E-state index contributed by atoms with van der Waals surface area (Å²) in [4.78, 5) is 39.5. The lowest BCUT2D eigenvalue weighted by Gasteiger charge is -2.43. The van der Waals surface area contributed by atoms with Crippen LogP contribution in [0.3, 0.4) is 0 Å². The third-order valence-electron chi connectivity index (χ3n) is 9.53. The molecule has 10 heteroatoms. The highest BCUT2D eigenvalue weighted by Gasteiger charge is 2.50. The number of carbonyl (C=O) groups excluding carboxylic acids is 2. The van der Waals surface area contributed by atoms with Gasteiger partial charge in [0.05, 0.1) is 12.6 Å². The highest BCUT2D eigenvalue weighted by molar-refractivity contribution is 6.99. The number of carboxylic acid groups (broad SMARTS) is 1. The number of rotatable bonds is 14. The largest absolute Gasteiger partial charge is 0.465 e. The molecule has 0 radical (unpaired) electrons. The van der Waals surface area contributed by atoms with E-state index < -0.39 is 50.0 Å². The summed E-state index contributed by atoms with van der Waals surface area (Å²) in [5.74, 6) is -1.11. The maximum atomic E-state index is 14.1. The van der Waals surface area contributed by atoms with Gasteiger partial charge < -0.3 is 30.2 Å². The molecule has 0 saturated carbocycles. The standard InChI is InChI=1S/C46H53N3O6Si/c1-45(2,3)55-44(53)48-37(32-54-56(46(4,5)6,38-26-15-9-16-27-38)39-28-17-10-18-29-39)31-33-20-19-25-36(30-33)47-42(50)41(49-43(51)52)40(34-21-11-7-12-22-34)35-23-13-8-14-24-35/h7-30,37,40-41,49H,31-32H2,1-6H3,(H,47,50)(H,48,53)(H,51,52)/t37-,41-/m0/s1. The molecule has 0 aliphatic heterocycles. The van der Waals surface area contributed by atoms with E-state index in [1.54, 1.807) is 6.07 Å². The van der Waals surface area contributed by atoms with E-state index in [2.05, 4.69) is 61.0 Å². The molecule has 5 rings (SSSR count). The van der Waals surface area contributed by atoms with Crippen LogP contribution in [0.5, 0.6) is 0 Å². The van der Waals surface area contributed by atoms with Crippen LogP contribution in [0.25, 0.3) is 0 Å². The molecule has 3 amide bonds. The van der Waals surface area contributed by atoms with E-state index in [1.807, 2.05) is 136 Å². The first kappa shape index (κ1) is 41.5. The Hall–Kier alpha value is -5.71. The topological polar surface area (TPSA) is 126 Å². The van der Waals surface area contributed by atoms with Crippen LogP contribution in [0.15, 0.2) is 146 Å². The van der Waals surface area contributed by atoms with Crippen molar-refractivity contribution < 1.29 is 28.7 Å². The highest BCUT2D eigenvalue weighted by Crippen LogP contribution is 2.37. The van der Waals surface area contributed by atoms with E-state index in [4.69, 9.17) is 9.16 Å². The molecule has 0 fully saturated rings. The van der Waals surface area contributed by atoms with Gasteiger partial charge in [-0.05, 0) is 71.4 Å². The minimum absolute atomic E-state index is 0.184. The van der Waals surface area contributed by atoms with Gasteiger partial charge in [-0.1, -0.05) is 154 Å². The van der Waals surface area contributed by atoms with Gasteiger partial charge in [-0.15, -0.1) is 0 Å². The molecule has 4 N–H and O–H groups in total. The maximum absolute atomic E-state index is 14.1. The molecule has 0 aromatic heterocycles. The van der Waals surface area contributed by atoms with Crippen molar-refractivity contribution in [2.24, 2.45) is 0 Å². The van der Waals surface area contributed by atoms with Gasteiger partial charge in [-0.2, -0.15) is 0 Å². The lowest BCUT2D eigenvalue weighted by molar-refractivity contribution is -0.118. The average molecular weight is 772 g/mol. The van der Waals surface area contributed by atoms with Gasteiger partial charge in [-0.3, -0.25) is 4.79 Å². The smallest absolute Gasteiger partial charge is 0.407 e. The van der Waals surface area contributed by atoms with Crippen LogP contribution in [0.2, 0.25) is 5.04 Å². The fourth-order valence-electron chi connectivity index (χ4n) is 7.22. The van der Waals surface area contributed by atoms with E-state index in [1.165, 1.54) is 0 Å². The Kier molecular flexibility index (Phi) is 13.5. The summed E-state index contributed by atoms with van der Waals surface area (Å²) in [5.41, 5.74) is 2.17. The second kappa shape index (κ2) is 18.3. The number of hydrogen-bond donors (Lipinski definition) is 4. The van der Waals surface area contributed by atoms with Gasteiger partial charge in [0.15, 0.2) is 0 Å². The zero-order valence-electron chi connectivity index (χ0n) is 33.0. The molecule has 0 bridgehead atoms. The Morgan fingerprint density at radius 2 is 1.16 bits per heavy atom. The molecular weight excluding hydrogens is 719 g/mol. The van der Waals surface area contributed by atoms with Crippen molar-refractivity contribution in [2.75, 3.05) is 11.9 Å². The monoisotopic (exact) mass is 771 g/mol. The quantitative estimate of drug-likeness (QED) is 0.0846. The molecule has 0 unspecified atom stereocenters. The van der Waals surface area contributed by atoms with Crippen LogP contribution >= 0.6 is 0 Å². The fraction of sp³-hybridized carbons (Fsp3) is 0.283. The Morgan fingerprint density at radius 1 is 0.661 bits per heavy atom. The minimum Gasteiger partial charge on any atom is -0.465 e. The number of benzene rings is 5. The lowest BCUT2D eigenvalue weighted by atomic mass is 9.84. The van der Waals surface area contributed by atoms with Gasteiger partial charge in [0.1, 0.15) is 11.6 Å². The maximum Gasteiger partial charge on any atom is 0.407 e. The van der Waals surface area contributed by atoms with Gasteiger partial charge in [0, 0.05) is 11.6 Å². The first-order valence-corrected chi connectivity index (χ1v) is 20.8. The number of ether oxygens (including phenoxy) is 1. The Morgan fingerprint density at radius 3 is 1.62 bits per heavy atom. The second-order valence-corrected chi connectivity index (χ2v) is 20.2. The van der Waals surface area contributed by atoms with Crippen LogP contribution in [-0.2, 0) is 20.4 Å². The molecule has 0 aliphatic carbocycles. The van der Waals surface area contributed by atoms with Gasteiger partial charge in [-0.25, -0.2) is 9.59 Å². The summed E-state index contributed by atoms with van der Waals surface area (Å²) in [6.07, 6.45) is -1.52. The predicted molar refractivity (Wildman–Crippen MR) is 225 cm³/mol. The Bertz CT molecular complexity index is 1960. The summed E-state index contributed by atoms with van der Waals surface area (Å²) < 4.78 is 12.9. The van der Waals surface area contributed by atoms with E-state index >= 15 is 0 Å². The summed E-state index contributed by atoms with van der Waals surface area (Å²) in [6.45, 7) is 12.2. The first-order valence-electron chi connectivity index (χ1n) is 18.9. The van der Waals surface area contributed by atoms with Gasteiger partial charge in [0.25, 0.3) is 8.32 Å². The molecule has 5 aromatic carbocycles. The van der Waals surface area contributed by atoms with E-state index in [0.29, 0.717) is 12.1 Å². The molecule has 5 aromatic rings. The van der Waals surface area contributed by atoms with Crippen LogP contribution in [0.1, 0.15) is 64.2 Å². The van der Waals surface area contributed by atoms with Crippen molar-refractivity contribution >= 4 is 42.5 Å². The molecule has 2 atom stereocenters. The Labute approximate surface area is 331 Å². The molecule has 56 heavy (non-hydrogen) atoms. The zero-order chi connectivity index (χ0) is 40.3. The van der Waals surface area contributed by atoms with Gasteiger partial charge in [0.2, 0.25) is 5.91 Å². The van der Waals surface area contributed by atoms with Crippen LogP contribution in [0.4, 0.5) is 15.3 Å². The number of hydrogen-bond acceptors (Lipinski definition) is 5. The first-order chi connectivity index (χ1) is 26.7.